The van der Waals surface area contributed by atoms with E-state index in [1.165, 1.54) is 43.7 Å². The first-order valence-electron chi connectivity index (χ1n) is 10.1. The SMILES string of the molecule is CC1=Cc2c(cccc2-c2cccc(P(c3ccccc3)c3ccccc3)c2)C1. The average Bonchev–Trinajstić information content (AvgIpc) is 3.16. The fraction of sp³-hybridized carbons (Fsp3) is 0.0714. The molecule has 1 aliphatic carbocycles. The summed E-state index contributed by atoms with van der Waals surface area (Å²) in [7, 11) is -0.583. The Labute approximate surface area is 174 Å². The molecule has 29 heavy (non-hydrogen) atoms. The first-order valence-corrected chi connectivity index (χ1v) is 11.4. The fourth-order valence-corrected chi connectivity index (χ4v) is 6.54. The molecule has 0 amide bonds. The Balaban J connectivity index is 1.65. The van der Waals surface area contributed by atoms with Crippen molar-refractivity contribution in [2.45, 2.75) is 13.3 Å². The predicted molar refractivity (Wildman–Crippen MR) is 128 cm³/mol. The van der Waals surface area contributed by atoms with E-state index in [1.54, 1.807) is 0 Å². The van der Waals surface area contributed by atoms with Crippen molar-refractivity contribution in [3.8, 4) is 11.1 Å². The largest absolute Gasteiger partial charge is 0.0683 e. The molecule has 4 aromatic rings. The highest BCUT2D eigenvalue weighted by molar-refractivity contribution is 7.79. The summed E-state index contributed by atoms with van der Waals surface area (Å²) < 4.78 is 0. The highest BCUT2D eigenvalue weighted by atomic mass is 31.1. The van der Waals surface area contributed by atoms with Crippen molar-refractivity contribution in [2.24, 2.45) is 0 Å². The van der Waals surface area contributed by atoms with Crippen molar-refractivity contribution in [3.63, 3.8) is 0 Å². The Morgan fingerprint density at radius 3 is 1.93 bits per heavy atom. The molecule has 4 aromatic carbocycles. The first kappa shape index (κ1) is 18.1. The zero-order valence-electron chi connectivity index (χ0n) is 16.5. The van der Waals surface area contributed by atoms with Crippen LogP contribution in [0.25, 0.3) is 17.2 Å². The summed E-state index contributed by atoms with van der Waals surface area (Å²) in [5.41, 5.74) is 6.94. The van der Waals surface area contributed by atoms with Gasteiger partial charge in [0.05, 0.1) is 0 Å². The molecule has 0 radical (unpaired) electrons. The molecule has 0 N–H and O–H groups in total. The summed E-state index contributed by atoms with van der Waals surface area (Å²) in [6, 6.07) is 37.7. The zero-order chi connectivity index (χ0) is 19.6. The minimum atomic E-state index is -0.583. The van der Waals surface area contributed by atoms with Gasteiger partial charge in [-0.3, -0.25) is 0 Å². The maximum absolute atomic E-state index is 2.41. The summed E-state index contributed by atoms with van der Waals surface area (Å²) in [5.74, 6) is 0. The molecule has 1 aliphatic rings. The Kier molecular flexibility index (Phi) is 4.88. The van der Waals surface area contributed by atoms with Crippen molar-refractivity contribution in [1.82, 2.24) is 0 Å². The van der Waals surface area contributed by atoms with Crippen molar-refractivity contribution < 1.29 is 0 Å². The monoisotopic (exact) mass is 390 g/mol. The lowest BCUT2D eigenvalue weighted by atomic mass is 9.97. The lowest BCUT2D eigenvalue weighted by Gasteiger charge is -2.20. The van der Waals surface area contributed by atoms with Crippen LogP contribution in [-0.4, -0.2) is 0 Å². The molecule has 0 fully saturated rings. The van der Waals surface area contributed by atoms with Crippen LogP contribution in [-0.2, 0) is 6.42 Å². The minimum absolute atomic E-state index is 0.583. The van der Waals surface area contributed by atoms with Crippen LogP contribution in [0.4, 0.5) is 0 Å². The van der Waals surface area contributed by atoms with Crippen LogP contribution in [0, 0.1) is 0 Å². The van der Waals surface area contributed by atoms with Gasteiger partial charge in [0.15, 0.2) is 0 Å². The topological polar surface area (TPSA) is 0 Å². The van der Waals surface area contributed by atoms with Gasteiger partial charge in [-0.2, -0.15) is 0 Å². The molecule has 0 atom stereocenters. The zero-order valence-corrected chi connectivity index (χ0v) is 17.4. The molecule has 0 unspecified atom stereocenters. The molecule has 5 rings (SSSR count). The van der Waals surface area contributed by atoms with Crippen LogP contribution < -0.4 is 15.9 Å². The molecule has 0 bridgehead atoms. The van der Waals surface area contributed by atoms with E-state index in [0.29, 0.717) is 0 Å². The van der Waals surface area contributed by atoms with Crippen LogP contribution in [0.3, 0.4) is 0 Å². The summed E-state index contributed by atoms with van der Waals surface area (Å²) in [6.45, 7) is 2.23. The molecule has 0 saturated carbocycles. The Morgan fingerprint density at radius 1 is 0.621 bits per heavy atom. The smallest absolute Gasteiger partial charge is 0.00604 e. The number of hydrogen-bond donors (Lipinski definition) is 0. The molecule has 0 spiro atoms. The second-order valence-corrected chi connectivity index (χ2v) is 9.82. The van der Waals surface area contributed by atoms with E-state index in [-0.39, 0.29) is 0 Å². The van der Waals surface area contributed by atoms with Crippen LogP contribution in [0.5, 0.6) is 0 Å². The van der Waals surface area contributed by atoms with Crippen molar-refractivity contribution >= 4 is 29.9 Å². The van der Waals surface area contributed by atoms with Crippen molar-refractivity contribution in [3.05, 3.63) is 120 Å². The third-order valence-electron chi connectivity index (χ3n) is 5.50. The van der Waals surface area contributed by atoms with Gasteiger partial charge in [-0.05, 0) is 65.5 Å². The lowest BCUT2D eigenvalue weighted by Crippen LogP contribution is -2.20. The van der Waals surface area contributed by atoms with Gasteiger partial charge in [0, 0.05) is 0 Å². The fourth-order valence-electron chi connectivity index (χ4n) is 4.20. The maximum Gasteiger partial charge on any atom is -0.00604 e. The second kappa shape index (κ2) is 7.82. The van der Waals surface area contributed by atoms with E-state index < -0.39 is 7.92 Å². The van der Waals surface area contributed by atoms with Gasteiger partial charge in [-0.1, -0.05) is 109 Å². The van der Waals surface area contributed by atoms with E-state index in [1.807, 2.05) is 0 Å². The number of benzene rings is 4. The minimum Gasteiger partial charge on any atom is -0.0683 e. The number of allylic oxidation sites excluding steroid dienone is 1. The van der Waals surface area contributed by atoms with E-state index >= 15 is 0 Å². The third-order valence-corrected chi connectivity index (χ3v) is 7.92. The Morgan fingerprint density at radius 2 is 1.24 bits per heavy atom. The summed E-state index contributed by atoms with van der Waals surface area (Å²) in [5, 5.41) is 4.17. The highest BCUT2D eigenvalue weighted by Gasteiger charge is 2.18. The lowest BCUT2D eigenvalue weighted by molar-refractivity contribution is 1.20. The first-order chi connectivity index (χ1) is 14.3. The molecule has 0 aliphatic heterocycles. The quantitative estimate of drug-likeness (QED) is 0.371. The number of hydrogen-bond acceptors (Lipinski definition) is 0. The van der Waals surface area contributed by atoms with Gasteiger partial charge >= 0.3 is 0 Å². The Bertz CT molecular complexity index is 1130. The van der Waals surface area contributed by atoms with Gasteiger partial charge < -0.3 is 0 Å². The second-order valence-electron chi connectivity index (χ2n) is 7.60. The van der Waals surface area contributed by atoms with Gasteiger partial charge in [0.1, 0.15) is 0 Å². The molecule has 0 nitrogen and oxygen atoms in total. The number of rotatable bonds is 4. The van der Waals surface area contributed by atoms with Crippen LogP contribution in [0.1, 0.15) is 18.1 Å². The van der Waals surface area contributed by atoms with Gasteiger partial charge in [-0.25, -0.2) is 0 Å². The normalized spacial score (nSPS) is 12.7. The standard InChI is InChI=1S/C28H23P/c1-21-18-22-11-9-17-27(28(22)19-21)23-10-8-16-26(20-23)29(24-12-4-2-5-13-24)25-14-6-3-7-15-25/h2-17,19-20H,18H2,1H3. The van der Waals surface area contributed by atoms with E-state index in [9.17, 15) is 0 Å². The van der Waals surface area contributed by atoms with Crippen LogP contribution in [0.15, 0.2) is 109 Å². The van der Waals surface area contributed by atoms with Crippen molar-refractivity contribution in [1.29, 1.82) is 0 Å². The molecule has 140 valence electrons. The van der Waals surface area contributed by atoms with Crippen LogP contribution >= 0.6 is 7.92 Å². The number of fused-ring (bicyclic) bond motifs is 1. The van der Waals surface area contributed by atoms with E-state index in [2.05, 4.69) is 116 Å². The molecular weight excluding hydrogens is 367 g/mol. The summed E-state index contributed by atoms with van der Waals surface area (Å²) in [4.78, 5) is 0. The van der Waals surface area contributed by atoms with Gasteiger partial charge in [0.25, 0.3) is 0 Å². The van der Waals surface area contributed by atoms with E-state index in [4.69, 9.17) is 0 Å². The summed E-state index contributed by atoms with van der Waals surface area (Å²) in [6.07, 6.45) is 3.43. The molecular formula is C28H23P. The van der Waals surface area contributed by atoms with Gasteiger partial charge in [-0.15, -0.1) is 0 Å². The predicted octanol–water partition coefficient (Wildman–Crippen LogP) is 6.07. The molecule has 1 heteroatoms. The Hall–Kier alpha value is -2.95. The van der Waals surface area contributed by atoms with E-state index in [0.717, 1.165) is 6.42 Å². The highest BCUT2D eigenvalue weighted by Crippen LogP contribution is 2.37. The van der Waals surface area contributed by atoms with Crippen LogP contribution in [0.2, 0.25) is 0 Å². The molecule has 0 saturated heterocycles. The summed E-state index contributed by atoms with van der Waals surface area (Å²) >= 11 is 0. The van der Waals surface area contributed by atoms with Crippen molar-refractivity contribution in [2.75, 3.05) is 0 Å². The van der Waals surface area contributed by atoms with Gasteiger partial charge in [0.2, 0.25) is 0 Å². The maximum atomic E-state index is 2.41. The molecule has 0 heterocycles. The average molecular weight is 390 g/mol. The molecule has 0 aromatic heterocycles. The third kappa shape index (κ3) is 3.57.